The Labute approximate surface area is 96.3 Å². The van der Waals surface area contributed by atoms with Gasteiger partial charge in [-0.05, 0) is 45.4 Å². The molecule has 0 atom stereocenters. The Hall–Kier alpha value is -0.730. The smallest absolute Gasteiger partial charge is 0.123 e. The van der Waals surface area contributed by atoms with Crippen LogP contribution in [0.15, 0.2) is 12.1 Å². The summed E-state index contributed by atoms with van der Waals surface area (Å²) in [6.07, 6.45) is 0. The van der Waals surface area contributed by atoms with Crippen molar-refractivity contribution in [2.75, 3.05) is 0 Å². The lowest BCUT2D eigenvalue weighted by atomic mass is 10.1. The molecule has 0 bridgehead atoms. The van der Waals surface area contributed by atoms with Crippen LogP contribution in [-0.4, -0.2) is 10.6 Å². The molecule has 0 aliphatic heterocycles. The van der Waals surface area contributed by atoms with Gasteiger partial charge in [0.1, 0.15) is 5.75 Å². The van der Waals surface area contributed by atoms with Crippen molar-refractivity contribution in [1.82, 2.24) is 5.32 Å². The monoisotopic (exact) mass is 227 g/mol. The summed E-state index contributed by atoms with van der Waals surface area (Å²) in [5, 5.41) is 13.8. The molecule has 0 aliphatic carbocycles. The van der Waals surface area contributed by atoms with Gasteiger partial charge in [0.05, 0.1) is 0 Å². The van der Waals surface area contributed by atoms with Gasteiger partial charge in [-0.1, -0.05) is 11.6 Å². The minimum atomic E-state index is 0.0304. The van der Waals surface area contributed by atoms with Crippen LogP contribution >= 0.6 is 11.6 Å². The molecule has 0 heterocycles. The van der Waals surface area contributed by atoms with E-state index in [4.69, 9.17) is 11.6 Å². The highest BCUT2D eigenvalue weighted by molar-refractivity contribution is 6.30. The number of phenols is 1. The van der Waals surface area contributed by atoms with Gasteiger partial charge in [-0.2, -0.15) is 0 Å². The topological polar surface area (TPSA) is 32.3 Å². The third kappa shape index (κ3) is 3.73. The summed E-state index contributed by atoms with van der Waals surface area (Å²) in [6.45, 7) is 8.73. The molecule has 0 amide bonds. The molecule has 3 heteroatoms. The summed E-state index contributed by atoms with van der Waals surface area (Å²) in [5.41, 5.74) is 1.69. The number of aromatic hydroxyl groups is 1. The lowest BCUT2D eigenvalue weighted by molar-refractivity contribution is 0.411. The summed E-state index contributed by atoms with van der Waals surface area (Å²) in [6, 6.07) is 3.56. The van der Waals surface area contributed by atoms with Gasteiger partial charge in [0.15, 0.2) is 0 Å². The van der Waals surface area contributed by atoms with Crippen LogP contribution in [0, 0.1) is 6.92 Å². The quantitative estimate of drug-likeness (QED) is 0.813. The van der Waals surface area contributed by atoms with Gasteiger partial charge in [0, 0.05) is 22.7 Å². The van der Waals surface area contributed by atoms with E-state index in [9.17, 15) is 5.11 Å². The van der Waals surface area contributed by atoms with Gasteiger partial charge >= 0.3 is 0 Å². The third-order valence-corrected chi connectivity index (χ3v) is 2.37. The van der Waals surface area contributed by atoms with E-state index in [0.717, 1.165) is 11.1 Å². The maximum atomic E-state index is 9.82. The Balaban J connectivity index is 2.86. The van der Waals surface area contributed by atoms with E-state index in [1.165, 1.54) is 0 Å². The number of rotatable bonds is 2. The van der Waals surface area contributed by atoms with E-state index in [2.05, 4.69) is 26.1 Å². The molecular formula is C12H18ClNO. The molecule has 0 saturated carbocycles. The highest BCUT2D eigenvalue weighted by atomic mass is 35.5. The predicted octanol–water partition coefficient (Wildman–Crippen LogP) is 3.24. The Morgan fingerprint density at radius 3 is 2.47 bits per heavy atom. The summed E-state index contributed by atoms with van der Waals surface area (Å²) in [4.78, 5) is 0. The molecule has 1 aromatic rings. The first-order valence-corrected chi connectivity index (χ1v) is 5.40. The number of aryl methyl sites for hydroxylation is 1. The summed E-state index contributed by atoms with van der Waals surface area (Å²) in [5.74, 6) is 0.330. The van der Waals surface area contributed by atoms with Crippen LogP contribution in [0.1, 0.15) is 31.9 Å². The summed E-state index contributed by atoms with van der Waals surface area (Å²) in [7, 11) is 0. The molecular weight excluding hydrogens is 210 g/mol. The molecule has 15 heavy (non-hydrogen) atoms. The molecule has 0 saturated heterocycles. The zero-order chi connectivity index (χ0) is 11.6. The molecule has 1 rings (SSSR count). The first kappa shape index (κ1) is 12.3. The van der Waals surface area contributed by atoms with Crippen LogP contribution in [0.5, 0.6) is 5.75 Å². The largest absolute Gasteiger partial charge is 0.507 e. The fraction of sp³-hybridized carbons (Fsp3) is 0.500. The number of phenolic OH excluding ortho intramolecular Hbond substituents is 1. The average Bonchev–Trinajstić information content (AvgIpc) is 2.07. The van der Waals surface area contributed by atoms with Gasteiger partial charge < -0.3 is 10.4 Å². The van der Waals surface area contributed by atoms with Crippen molar-refractivity contribution in [3.8, 4) is 5.75 Å². The SMILES string of the molecule is Cc1cc(Cl)cc(CNC(C)(C)C)c1O. The predicted molar refractivity (Wildman–Crippen MR) is 64.4 cm³/mol. The minimum Gasteiger partial charge on any atom is -0.507 e. The fourth-order valence-electron chi connectivity index (χ4n) is 1.30. The molecule has 0 aromatic heterocycles. The van der Waals surface area contributed by atoms with Crippen LogP contribution in [0.25, 0.3) is 0 Å². The van der Waals surface area contributed by atoms with Gasteiger partial charge in [0.2, 0.25) is 0 Å². The van der Waals surface area contributed by atoms with Crippen molar-refractivity contribution in [3.05, 3.63) is 28.3 Å². The lowest BCUT2D eigenvalue weighted by Crippen LogP contribution is -2.35. The van der Waals surface area contributed by atoms with Crippen molar-refractivity contribution in [2.24, 2.45) is 0 Å². The molecule has 0 radical (unpaired) electrons. The number of benzene rings is 1. The van der Waals surface area contributed by atoms with Gasteiger partial charge in [-0.25, -0.2) is 0 Å². The lowest BCUT2D eigenvalue weighted by Gasteiger charge is -2.21. The number of nitrogens with one attached hydrogen (secondary N) is 1. The van der Waals surface area contributed by atoms with Crippen LogP contribution < -0.4 is 5.32 Å². The van der Waals surface area contributed by atoms with Crippen LogP contribution in [0.4, 0.5) is 0 Å². The van der Waals surface area contributed by atoms with Crippen molar-refractivity contribution in [3.63, 3.8) is 0 Å². The van der Waals surface area contributed by atoms with Gasteiger partial charge in [0.25, 0.3) is 0 Å². The molecule has 84 valence electrons. The minimum absolute atomic E-state index is 0.0304. The standard InChI is InChI=1S/C12H18ClNO/c1-8-5-10(13)6-9(11(8)15)7-14-12(2,3)4/h5-6,14-15H,7H2,1-4H3. The molecule has 0 spiro atoms. The van der Waals surface area contributed by atoms with Crippen LogP contribution in [0.2, 0.25) is 5.02 Å². The second kappa shape index (κ2) is 4.42. The molecule has 0 unspecified atom stereocenters. The van der Waals surface area contributed by atoms with Crippen LogP contribution in [-0.2, 0) is 6.54 Å². The average molecular weight is 228 g/mol. The Kier molecular flexibility index (Phi) is 3.63. The van der Waals surface area contributed by atoms with Crippen molar-refractivity contribution in [1.29, 1.82) is 0 Å². The highest BCUT2D eigenvalue weighted by Crippen LogP contribution is 2.26. The Morgan fingerprint density at radius 1 is 1.33 bits per heavy atom. The van der Waals surface area contributed by atoms with E-state index in [1.54, 1.807) is 12.1 Å². The van der Waals surface area contributed by atoms with Crippen LogP contribution in [0.3, 0.4) is 0 Å². The van der Waals surface area contributed by atoms with Gasteiger partial charge in [-0.3, -0.25) is 0 Å². The van der Waals surface area contributed by atoms with E-state index >= 15 is 0 Å². The van der Waals surface area contributed by atoms with E-state index in [1.807, 2.05) is 6.92 Å². The summed E-state index contributed by atoms with van der Waals surface area (Å²) < 4.78 is 0. The van der Waals surface area contributed by atoms with E-state index < -0.39 is 0 Å². The fourth-order valence-corrected chi connectivity index (χ4v) is 1.60. The van der Waals surface area contributed by atoms with E-state index in [-0.39, 0.29) is 5.54 Å². The first-order chi connectivity index (χ1) is 6.79. The third-order valence-electron chi connectivity index (χ3n) is 2.15. The highest BCUT2D eigenvalue weighted by Gasteiger charge is 2.11. The maximum Gasteiger partial charge on any atom is 0.123 e. The number of halogens is 1. The van der Waals surface area contributed by atoms with Crippen molar-refractivity contribution < 1.29 is 5.11 Å². The molecule has 0 aliphatic rings. The molecule has 2 N–H and O–H groups in total. The summed E-state index contributed by atoms with van der Waals surface area (Å²) >= 11 is 5.93. The van der Waals surface area contributed by atoms with E-state index in [0.29, 0.717) is 17.3 Å². The molecule has 2 nitrogen and oxygen atoms in total. The zero-order valence-electron chi connectivity index (χ0n) is 9.69. The van der Waals surface area contributed by atoms with Gasteiger partial charge in [-0.15, -0.1) is 0 Å². The molecule has 1 aromatic carbocycles. The first-order valence-electron chi connectivity index (χ1n) is 5.02. The second-order valence-corrected chi connectivity index (χ2v) is 5.27. The normalized spacial score (nSPS) is 11.8. The maximum absolute atomic E-state index is 9.82. The van der Waals surface area contributed by atoms with Crippen molar-refractivity contribution >= 4 is 11.6 Å². The molecule has 0 fully saturated rings. The number of hydrogen-bond donors (Lipinski definition) is 2. The second-order valence-electron chi connectivity index (χ2n) is 4.83. The zero-order valence-corrected chi connectivity index (χ0v) is 10.4. The number of hydrogen-bond acceptors (Lipinski definition) is 2. The Morgan fingerprint density at radius 2 is 1.93 bits per heavy atom. The Bertz CT molecular complexity index is 355. The van der Waals surface area contributed by atoms with Crippen molar-refractivity contribution in [2.45, 2.75) is 39.8 Å².